The molecule has 0 radical (unpaired) electrons. The fourth-order valence-corrected chi connectivity index (χ4v) is 2.04. The van der Waals surface area contributed by atoms with Gasteiger partial charge in [-0.05, 0) is 25.3 Å². The van der Waals surface area contributed by atoms with E-state index in [1.807, 2.05) is 43.4 Å². The van der Waals surface area contributed by atoms with Gasteiger partial charge >= 0.3 is 0 Å². The zero-order chi connectivity index (χ0) is 18.2. The summed E-state index contributed by atoms with van der Waals surface area (Å²) in [5, 5.41) is 0. The molecule has 128 valence electrons. The summed E-state index contributed by atoms with van der Waals surface area (Å²) < 4.78 is 0. The molecule has 0 amide bonds. The summed E-state index contributed by atoms with van der Waals surface area (Å²) in [6.07, 6.45) is 18.4. The first-order valence-corrected chi connectivity index (χ1v) is 8.15. The van der Waals surface area contributed by atoms with Crippen molar-refractivity contribution in [2.45, 2.75) is 39.0 Å². The lowest BCUT2D eigenvalue weighted by atomic mass is 10.0. The molecule has 0 spiro atoms. The summed E-state index contributed by atoms with van der Waals surface area (Å²) in [5.41, 5.74) is 2.07. The van der Waals surface area contributed by atoms with Crippen molar-refractivity contribution in [3.8, 4) is 0 Å². The first kappa shape index (κ1) is 21.5. The number of ketones is 2. The molecule has 2 nitrogen and oxygen atoms in total. The van der Waals surface area contributed by atoms with Gasteiger partial charge in [0.15, 0.2) is 0 Å². The van der Waals surface area contributed by atoms with E-state index in [0.717, 1.165) is 11.1 Å². The van der Waals surface area contributed by atoms with Gasteiger partial charge in [-0.15, -0.1) is 0 Å². The minimum absolute atomic E-state index is 0.00864. The van der Waals surface area contributed by atoms with Gasteiger partial charge in [-0.3, -0.25) is 9.59 Å². The summed E-state index contributed by atoms with van der Waals surface area (Å²) in [4.78, 5) is 23.9. The predicted octanol–water partition coefficient (Wildman–Crippen LogP) is 5.62. The van der Waals surface area contributed by atoms with E-state index in [2.05, 4.69) is 19.7 Å². The molecule has 2 heteroatoms. The second-order valence-electron chi connectivity index (χ2n) is 5.28. The molecule has 0 aromatic carbocycles. The molecule has 0 aromatic rings. The van der Waals surface area contributed by atoms with Gasteiger partial charge in [-0.1, -0.05) is 80.0 Å². The summed E-state index contributed by atoms with van der Waals surface area (Å²) >= 11 is 0. The van der Waals surface area contributed by atoms with Crippen LogP contribution in [0.2, 0.25) is 0 Å². The summed E-state index contributed by atoms with van der Waals surface area (Å²) in [7, 11) is 0. The molecule has 24 heavy (non-hydrogen) atoms. The van der Waals surface area contributed by atoms with Crippen LogP contribution in [0.1, 0.15) is 39.0 Å². The number of allylic oxidation sites excluding steroid dienone is 11. The lowest BCUT2D eigenvalue weighted by Gasteiger charge is -2.03. The van der Waals surface area contributed by atoms with Crippen molar-refractivity contribution < 1.29 is 9.59 Å². The van der Waals surface area contributed by atoms with Gasteiger partial charge in [-0.25, -0.2) is 0 Å². The second kappa shape index (κ2) is 14.1. The third-order valence-corrected chi connectivity index (χ3v) is 3.37. The number of hydrogen-bond acceptors (Lipinski definition) is 2. The topological polar surface area (TPSA) is 34.1 Å². The molecular formula is C22H28O2. The molecule has 0 saturated heterocycles. The van der Waals surface area contributed by atoms with Crippen LogP contribution in [0.3, 0.4) is 0 Å². The molecule has 0 heterocycles. The molecule has 0 aliphatic carbocycles. The molecule has 0 fully saturated rings. The van der Waals surface area contributed by atoms with Crippen molar-refractivity contribution in [1.82, 2.24) is 0 Å². The second-order valence-corrected chi connectivity index (χ2v) is 5.28. The molecule has 0 aliphatic rings. The first-order chi connectivity index (χ1) is 11.6. The van der Waals surface area contributed by atoms with Crippen molar-refractivity contribution in [3.05, 3.63) is 85.6 Å². The van der Waals surface area contributed by atoms with Crippen molar-refractivity contribution in [1.29, 1.82) is 0 Å². The predicted molar refractivity (Wildman–Crippen MR) is 104 cm³/mol. The fraction of sp³-hybridized carbons (Fsp3) is 0.273. The van der Waals surface area contributed by atoms with Gasteiger partial charge in [0.2, 0.25) is 0 Å². The number of rotatable bonds is 13. The highest BCUT2D eigenvalue weighted by Gasteiger charge is 2.10. The molecule has 0 atom stereocenters. The molecule has 0 aromatic heterocycles. The Morgan fingerprint density at radius 2 is 1.25 bits per heavy atom. The largest absolute Gasteiger partial charge is 0.299 e. The maximum Gasteiger partial charge on any atom is 0.140 e. The number of Topliss-reactive ketones (excluding diaryl/α,β-unsaturated/α-hetero) is 2. The molecule has 0 bridgehead atoms. The van der Waals surface area contributed by atoms with Crippen LogP contribution >= 0.6 is 0 Å². The van der Waals surface area contributed by atoms with E-state index in [0.29, 0.717) is 25.7 Å². The van der Waals surface area contributed by atoms with Crippen LogP contribution < -0.4 is 0 Å². The highest BCUT2D eigenvalue weighted by atomic mass is 16.1. The third kappa shape index (κ3) is 11.1. The van der Waals surface area contributed by atoms with Gasteiger partial charge in [0.25, 0.3) is 0 Å². The SMILES string of the molecule is C=C/C=C\C(=C/C)CCC(=O)CC(=O)CCC(/C=C\C=C)=C/C=C. The van der Waals surface area contributed by atoms with Crippen LogP contribution in [0.25, 0.3) is 0 Å². The molecule has 0 N–H and O–H groups in total. The van der Waals surface area contributed by atoms with E-state index in [4.69, 9.17) is 0 Å². The molecular weight excluding hydrogens is 296 g/mol. The first-order valence-electron chi connectivity index (χ1n) is 8.15. The Labute approximate surface area is 146 Å². The standard InChI is InChI=1S/C22H28O2/c1-5-9-12-19(8-4)14-16-21(23)18-22(24)17-15-20(11-7-3)13-10-6-2/h5-13H,1-3,14-18H2,4H3/b12-9-,13-10-,19-8+,20-11+. The molecule has 0 unspecified atom stereocenters. The monoisotopic (exact) mass is 324 g/mol. The van der Waals surface area contributed by atoms with Crippen molar-refractivity contribution in [2.75, 3.05) is 0 Å². The normalized spacial score (nSPS) is 12.5. The minimum atomic E-state index is -0.0226. The summed E-state index contributed by atoms with van der Waals surface area (Å²) in [6, 6.07) is 0. The van der Waals surface area contributed by atoms with Crippen molar-refractivity contribution in [3.63, 3.8) is 0 Å². The Morgan fingerprint density at radius 1 is 0.750 bits per heavy atom. The third-order valence-electron chi connectivity index (χ3n) is 3.37. The lowest BCUT2D eigenvalue weighted by molar-refractivity contribution is -0.126. The van der Waals surface area contributed by atoms with Crippen LogP contribution in [0.5, 0.6) is 0 Å². The fourth-order valence-electron chi connectivity index (χ4n) is 2.04. The van der Waals surface area contributed by atoms with E-state index < -0.39 is 0 Å². The molecule has 0 aliphatic heterocycles. The van der Waals surface area contributed by atoms with Crippen LogP contribution in [-0.4, -0.2) is 11.6 Å². The van der Waals surface area contributed by atoms with E-state index in [-0.39, 0.29) is 18.0 Å². The Balaban J connectivity index is 4.33. The maximum atomic E-state index is 12.0. The van der Waals surface area contributed by atoms with Gasteiger partial charge in [0.1, 0.15) is 11.6 Å². The van der Waals surface area contributed by atoms with Gasteiger partial charge in [0, 0.05) is 12.8 Å². The summed E-state index contributed by atoms with van der Waals surface area (Å²) in [5.74, 6) is -0.0344. The van der Waals surface area contributed by atoms with Crippen LogP contribution in [0.15, 0.2) is 85.6 Å². The van der Waals surface area contributed by atoms with Gasteiger partial charge < -0.3 is 0 Å². The highest BCUT2D eigenvalue weighted by molar-refractivity contribution is 5.99. The molecule has 0 rings (SSSR count). The van der Waals surface area contributed by atoms with Crippen molar-refractivity contribution >= 4 is 11.6 Å². The average Bonchev–Trinajstić information content (AvgIpc) is 2.57. The van der Waals surface area contributed by atoms with Crippen LogP contribution in [-0.2, 0) is 9.59 Å². The van der Waals surface area contributed by atoms with E-state index in [1.54, 1.807) is 18.2 Å². The highest BCUT2D eigenvalue weighted by Crippen LogP contribution is 2.12. The Morgan fingerprint density at radius 3 is 1.71 bits per heavy atom. The average molecular weight is 324 g/mol. The lowest BCUT2D eigenvalue weighted by Crippen LogP contribution is -2.08. The van der Waals surface area contributed by atoms with Crippen molar-refractivity contribution in [2.24, 2.45) is 0 Å². The summed E-state index contributed by atoms with van der Waals surface area (Å²) in [6.45, 7) is 12.8. The van der Waals surface area contributed by atoms with Gasteiger partial charge in [0.05, 0.1) is 6.42 Å². The van der Waals surface area contributed by atoms with Crippen LogP contribution in [0.4, 0.5) is 0 Å². The van der Waals surface area contributed by atoms with E-state index >= 15 is 0 Å². The van der Waals surface area contributed by atoms with Crippen LogP contribution in [0, 0.1) is 0 Å². The number of hydrogen-bond donors (Lipinski definition) is 0. The maximum absolute atomic E-state index is 12.0. The zero-order valence-electron chi connectivity index (χ0n) is 14.7. The van der Waals surface area contributed by atoms with E-state index in [9.17, 15) is 9.59 Å². The number of carbonyl (C=O) groups excluding carboxylic acids is 2. The van der Waals surface area contributed by atoms with Gasteiger partial charge in [-0.2, -0.15) is 0 Å². The Kier molecular flexibility index (Phi) is 12.7. The zero-order valence-corrected chi connectivity index (χ0v) is 14.7. The minimum Gasteiger partial charge on any atom is -0.299 e. The molecule has 0 saturated carbocycles. The smallest absolute Gasteiger partial charge is 0.140 e. The Hall–Kier alpha value is -2.48. The van der Waals surface area contributed by atoms with E-state index in [1.165, 1.54) is 0 Å². The quantitative estimate of drug-likeness (QED) is 0.325. The number of carbonyl (C=O) groups is 2. The Bertz CT molecular complexity index is 569.